The number of hydrogen-bond donors (Lipinski definition) is 1. The van der Waals surface area contributed by atoms with E-state index in [1.807, 2.05) is 12.1 Å². The van der Waals surface area contributed by atoms with Crippen LogP contribution in [0.4, 0.5) is 0 Å². The topological polar surface area (TPSA) is 86.5 Å². The van der Waals surface area contributed by atoms with E-state index in [1.54, 1.807) is 7.11 Å². The molecule has 1 heterocycles. The number of ether oxygens (including phenoxy) is 1. The molecule has 31 heavy (non-hydrogen) atoms. The molecule has 0 spiro atoms. The molecular weight excluding hydrogens is 412 g/mol. The average molecular weight is 447 g/mol. The molecule has 1 fully saturated rings. The van der Waals surface area contributed by atoms with Crippen LogP contribution in [0.5, 0.6) is 5.75 Å². The summed E-state index contributed by atoms with van der Waals surface area (Å²) >= 11 is 5.57. The Morgan fingerprint density at radius 1 is 1.10 bits per heavy atom. The van der Waals surface area contributed by atoms with E-state index in [0.29, 0.717) is 17.6 Å². The highest BCUT2D eigenvalue weighted by molar-refractivity contribution is 6.21. The van der Waals surface area contributed by atoms with Crippen LogP contribution in [-0.4, -0.2) is 23.1 Å². The molecule has 7 heteroatoms. The molecule has 0 bridgehead atoms. The predicted molar refractivity (Wildman–Crippen MR) is 126 cm³/mol. The lowest BCUT2D eigenvalue weighted by molar-refractivity contribution is 0.408. The first-order chi connectivity index (χ1) is 15.1. The van der Waals surface area contributed by atoms with Gasteiger partial charge < -0.3 is 14.9 Å². The van der Waals surface area contributed by atoms with Crippen LogP contribution in [0.25, 0.3) is 11.5 Å². The van der Waals surface area contributed by atoms with Gasteiger partial charge in [0.2, 0.25) is 11.8 Å². The first kappa shape index (κ1) is 23.6. The summed E-state index contributed by atoms with van der Waals surface area (Å²) in [6, 6.07) is 6.03. The van der Waals surface area contributed by atoms with Crippen LogP contribution < -0.4 is 10.5 Å². The second kappa shape index (κ2) is 11.5. The molecule has 1 aromatic carbocycles. The first-order valence-electron chi connectivity index (χ1n) is 11.6. The molecule has 0 aliphatic heterocycles. The molecule has 1 saturated carbocycles. The van der Waals surface area contributed by atoms with Crippen LogP contribution in [0, 0.1) is 0 Å². The fourth-order valence-electron chi connectivity index (χ4n) is 4.05. The number of aromatic nitrogens is 2. The number of nitrogens with two attached hydrogens (primary N) is 1. The van der Waals surface area contributed by atoms with Gasteiger partial charge in [0.1, 0.15) is 17.0 Å². The van der Waals surface area contributed by atoms with Crippen LogP contribution in [-0.2, 0) is 11.8 Å². The molecule has 1 aliphatic carbocycles. The average Bonchev–Trinajstić information content (AvgIpc) is 3.46. The van der Waals surface area contributed by atoms with Gasteiger partial charge in [-0.3, -0.25) is 0 Å². The van der Waals surface area contributed by atoms with Gasteiger partial charge in [0.25, 0.3) is 0 Å². The minimum atomic E-state index is -0.487. The second-order valence-electron chi connectivity index (χ2n) is 8.57. The third-order valence-electron chi connectivity index (χ3n) is 6.24. The molecule has 0 amide bonds. The van der Waals surface area contributed by atoms with Crippen molar-refractivity contribution >= 4 is 17.6 Å². The number of methoxy groups -OCH3 is 1. The Hall–Kier alpha value is -2.08. The normalized spacial score (nSPS) is 15.3. The molecule has 170 valence electrons. The first-order valence-corrected chi connectivity index (χ1v) is 11.9. The van der Waals surface area contributed by atoms with Gasteiger partial charge in [0.15, 0.2) is 0 Å². The Morgan fingerprint density at radius 2 is 1.77 bits per heavy atom. The molecule has 0 saturated heterocycles. The number of benzene rings is 1. The maximum Gasteiger partial charge on any atom is 0.247 e. The summed E-state index contributed by atoms with van der Waals surface area (Å²) < 4.78 is 15.1. The highest BCUT2D eigenvalue weighted by Crippen LogP contribution is 2.48. The highest BCUT2D eigenvalue weighted by atomic mass is 35.5. The number of amidine groups is 1. The zero-order chi connectivity index (χ0) is 22.1. The molecular formula is C24H35ClN4O2. The third kappa shape index (κ3) is 6.00. The van der Waals surface area contributed by atoms with Crippen molar-refractivity contribution < 1.29 is 9.15 Å². The van der Waals surface area contributed by atoms with E-state index in [-0.39, 0.29) is 0 Å². The van der Waals surface area contributed by atoms with Gasteiger partial charge in [-0.25, -0.2) is 0 Å². The predicted octanol–water partition coefficient (Wildman–Crippen LogP) is 6.36. The SMILES string of the molecule is CCCCCCCCCCCc1cc(-c2nnc(C3(C(N)=NCl)CC3)o2)ccc1OC. The minimum absolute atomic E-state index is 0.338. The Labute approximate surface area is 190 Å². The summed E-state index contributed by atoms with van der Waals surface area (Å²) in [6.07, 6.45) is 14.4. The maximum absolute atomic E-state index is 5.96. The van der Waals surface area contributed by atoms with Crippen molar-refractivity contribution in [1.82, 2.24) is 10.2 Å². The minimum Gasteiger partial charge on any atom is -0.496 e. The van der Waals surface area contributed by atoms with Crippen molar-refractivity contribution in [3.8, 4) is 17.2 Å². The number of hydrogen-bond acceptors (Lipinski definition) is 5. The van der Waals surface area contributed by atoms with E-state index in [0.717, 1.165) is 37.0 Å². The van der Waals surface area contributed by atoms with Crippen LogP contribution in [0.3, 0.4) is 0 Å². The fourth-order valence-corrected chi connectivity index (χ4v) is 4.21. The number of unbranched alkanes of at least 4 members (excludes halogenated alkanes) is 8. The van der Waals surface area contributed by atoms with Gasteiger partial charge in [0.05, 0.1) is 7.11 Å². The van der Waals surface area contributed by atoms with Crippen LogP contribution in [0.2, 0.25) is 0 Å². The molecule has 2 N–H and O–H groups in total. The van der Waals surface area contributed by atoms with Crippen molar-refractivity contribution in [2.75, 3.05) is 7.11 Å². The fraction of sp³-hybridized carbons (Fsp3) is 0.625. The van der Waals surface area contributed by atoms with Gasteiger partial charge in [-0.1, -0.05) is 58.3 Å². The van der Waals surface area contributed by atoms with Crippen molar-refractivity contribution in [3.05, 3.63) is 29.7 Å². The Bertz CT molecular complexity index is 861. The monoisotopic (exact) mass is 446 g/mol. The quantitative estimate of drug-likeness (QED) is 0.207. The molecule has 0 atom stereocenters. The van der Waals surface area contributed by atoms with Crippen LogP contribution >= 0.6 is 11.8 Å². The maximum atomic E-state index is 5.96. The zero-order valence-electron chi connectivity index (χ0n) is 18.8. The molecule has 2 aromatic rings. The number of rotatable bonds is 14. The molecule has 1 aliphatic rings. The lowest BCUT2D eigenvalue weighted by atomic mass is 10.0. The summed E-state index contributed by atoms with van der Waals surface area (Å²) in [6.45, 7) is 2.26. The van der Waals surface area contributed by atoms with Gasteiger partial charge in [-0.2, -0.15) is 4.51 Å². The van der Waals surface area contributed by atoms with Crippen molar-refractivity contribution in [1.29, 1.82) is 0 Å². The molecule has 1 aromatic heterocycles. The van der Waals surface area contributed by atoms with Crippen LogP contribution in [0.15, 0.2) is 27.1 Å². The van der Waals surface area contributed by atoms with E-state index in [9.17, 15) is 0 Å². The zero-order valence-corrected chi connectivity index (χ0v) is 19.6. The lowest BCUT2D eigenvalue weighted by Gasteiger charge is -2.10. The summed E-state index contributed by atoms with van der Waals surface area (Å²) in [5.41, 5.74) is 7.52. The summed E-state index contributed by atoms with van der Waals surface area (Å²) in [5.74, 6) is 2.21. The summed E-state index contributed by atoms with van der Waals surface area (Å²) in [7, 11) is 1.71. The van der Waals surface area contributed by atoms with Crippen LogP contribution in [0.1, 0.15) is 89.0 Å². The van der Waals surface area contributed by atoms with Gasteiger partial charge in [0, 0.05) is 17.3 Å². The van der Waals surface area contributed by atoms with E-state index in [2.05, 4.69) is 27.7 Å². The highest BCUT2D eigenvalue weighted by Gasteiger charge is 2.53. The Kier molecular flexibility index (Phi) is 8.76. The third-order valence-corrected chi connectivity index (χ3v) is 6.42. The number of halogens is 1. The van der Waals surface area contributed by atoms with E-state index >= 15 is 0 Å². The van der Waals surface area contributed by atoms with E-state index < -0.39 is 5.41 Å². The molecule has 3 rings (SSSR count). The lowest BCUT2D eigenvalue weighted by Crippen LogP contribution is -2.28. The largest absolute Gasteiger partial charge is 0.496 e. The summed E-state index contributed by atoms with van der Waals surface area (Å²) in [5, 5.41) is 8.47. The van der Waals surface area contributed by atoms with Gasteiger partial charge in [-0.15, -0.1) is 10.2 Å². The number of aryl methyl sites for hydroxylation is 1. The second-order valence-corrected chi connectivity index (χ2v) is 8.74. The Balaban J connectivity index is 1.56. The summed E-state index contributed by atoms with van der Waals surface area (Å²) in [4.78, 5) is 0. The number of nitrogens with zero attached hydrogens (tertiary/aromatic N) is 3. The van der Waals surface area contributed by atoms with Crippen molar-refractivity contribution in [2.45, 2.75) is 89.4 Å². The standard InChI is InChI=1S/C24H35ClN4O2/c1-3-4-5-6-7-8-9-10-11-12-18-17-19(13-14-20(18)30-2)21-28-29-23(31-21)24(15-16-24)22(26)27-25/h13-14,17H,3-12,15-16H2,1-2H3,(H2,26,27). The van der Waals surface area contributed by atoms with Gasteiger partial charge >= 0.3 is 0 Å². The smallest absolute Gasteiger partial charge is 0.247 e. The van der Waals surface area contributed by atoms with Gasteiger partial charge in [-0.05, 0) is 49.4 Å². The molecule has 0 unspecified atom stereocenters. The van der Waals surface area contributed by atoms with Crippen molar-refractivity contribution in [3.63, 3.8) is 0 Å². The van der Waals surface area contributed by atoms with E-state index in [4.69, 9.17) is 26.7 Å². The van der Waals surface area contributed by atoms with E-state index in [1.165, 1.54) is 56.9 Å². The molecule has 6 nitrogen and oxygen atoms in total. The Morgan fingerprint density at radius 3 is 2.39 bits per heavy atom. The molecule has 0 radical (unpaired) electrons. The van der Waals surface area contributed by atoms with Crippen molar-refractivity contribution in [2.24, 2.45) is 10.2 Å².